The Balaban J connectivity index is 1.34. The fraction of sp³-hybridized carbons (Fsp3) is 0.304. The topological polar surface area (TPSA) is 87.7 Å². The molecule has 0 atom stereocenters. The maximum atomic E-state index is 14.7. The molecule has 1 aliphatic heterocycles. The van der Waals surface area contributed by atoms with Gasteiger partial charge < -0.3 is 24.6 Å². The van der Waals surface area contributed by atoms with Crippen LogP contribution in [-0.4, -0.2) is 61.1 Å². The summed E-state index contributed by atoms with van der Waals surface area (Å²) in [7, 11) is 5.82. The number of pyridine rings is 2. The summed E-state index contributed by atoms with van der Waals surface area (Å²) in [6.07, 6.45) is 4.95. The number of aromatic nitrogens is 2. The Labute approximate surface area is 191 Å². The molecule has 0 spiro atoms. The van der Waals surface area contributed by atoms with Crippen LogP contribution in [0.2, 0.25) is 0 Å². The Morgan fingerprint density at radius 3 is 2.61 bits per heavy atom. The fourth-order valence-electron chi connectivity index (χ4n) is 3.79. The maximum absolute atomic E-state index is 14.7. The zero-order valence-corrected chi connectivity index (χ0v) is 17.8. The first-order valence-corrected chi connectivity index (χ1v) is 10.7. The first kappa shape index (κ1) is 21.3. The van der Waals surface area contributed by atoms with E-state index in [4.69, 9.17) is 12.7 Å². The number of halogens is 1. The molecule has 33 heavy (non-hydrogen) atoms. The molecular weight excluding hydrogens is 424 g/mol. The van der Waals surface area contributed by atoms with Crippen molar-refractivity contribution in [2.45, 2.75) is 12.8 Å². The van der Waals surface area contributed by atoms with Gasteiger partial charge in [0, 0.05) is 56.4 Å². The van der Waals surface area contributed by atoms with E-state index in [9.17, 15) is 14.0 Å². The molecule has 10 heteroatoms. The fourth-order valence-corrected chi connectivity index (χ4v) is 3.79. The van der Waals surface area contributed by atoms with E-state index in [1.54, 1.807) is 23.3 Å². The van der Waals surface area contributed by atoms with Gasteiger partial charge in [0.2, 0.25) is 5.91 Å². The second kappa shape index (κ2) is 8.44. The van der Waals surface area contributed by atoms with Gasteiger partial charge in [0.15, 0.2) is 19.5 Å². The molecule has 8 nitrogen and oxygen atoms in total. The van der Waals surface area contributed by atoms with Crippen molar-refractivity contribution in [3.63, 3.8) is 0 Å². The van der Waals surface area contributed by atoms with Gasteiger partial charge in [-0.05, 0) is 31.0 Å². The van der Waals surface area contributed by atoms with E-state index < -0.39 is 17.1 Å². The van der Waals surface area contributed by atoms with Gasteiger partial charge >= 0.3 is 0 Å². The van der Waals surface area contributed by atoms with Crippen molar-refractivity contribution in [3.8, 4) is 11.5 Å². The maximum Gasteiger partial charge on any atom is 0.237 e. The second-order valence-electron chi connectivity index (χ2n) is 8.37. The summed E-state index contributed by atoms with van der Waals surface area (Å²) < 4.78 is 20.5. The number of fused-ring (bicyclic) bond motifs is 1. The van der Waals surface area contributed by atoms with E-state index in [1.807, 2.05) is 6.07 Å². The third-order valence-corrected chi connectivity index (χ3v) is 6.09. The van der Waals surface area contributed by atoms with E-state index in [-0.39, 0.29) is 11.4 Å². The van der Waals surface area contributed by atoms with Crippen LogP contribution in [0.25, 0.3) is 10.9 Å². The molecule has 0 unspecified atom stereocenters. The third-order valence-electron chi connectivity index (χ3n) is 6.09. The largest absolute Gasteiger partial charge is 0.453 e. The number of ether oxygens (including phenoxy) is 1. The van der Waals surface area contributed by atoms with Crippen molar-refractivity contribution in [3.05, 3.63) is 48.5 Å². The average Bonchev–Trinajstić information content (AvgIpc) is 3.63. The third kappa shape index (κ3) is 4.26. The molecule has 2 aromatic heterocycles. The highest BCUT2D eigenvalue weighted by molar-refractivity contribution is 6.07. The quantitative estimate of drug-likeness (QED) is 0.355. The van der Waals surface area contributed by atoms with Crippen LogP contribution in [0, 0.1) is 11.2 Å². The number of nitrogens with zero attached hydrogens (tertiary/aromatic N) is 4. The number of carbonyl (C=O) groups is 2. The molecule has 1 saturated carbocycles. The predicted octanol–water partition coefficient (Wildman–Crippen LogP) is 2.68. The van der Waals surface area contributed by atoms with Crippen LogP contribution in [0.1, 0.15) is 12.8 Å². The lowest BCUT2D eigenvalue weighted by Crippen LogP contribution is -2.45. The minimum atomic E-state index is -0.967. The molecule has 1 saturated heterocycles. The molecule has 2 radical (unpaired) electrons. The minimum absolute atomic E-state index is 0.000153. The molecule has 1 amide bonds. The van der Waals surface area contributed by atoms with Crippen LogP contribution in [0.4, 0.5) is 15.9 Å². The normalized spacial score (nSPS) is 17.5. The summed E-state index contributed by atoms with van der Waals surface area (Å²) in [5, 5.41) is 3.25. The summed E-state index contributed by atoms with van der Waals surface area (Å²) in [6, 6.07) is 7.67. The van der Waals surface area contributed by atoms with E-state index in [1.165, 1.54) is 18.2 Å². The number of rotatable bonds is 6. The first-order valence-electron chi connectivity index (χ1n) is 10.7. The van der Waals surface area contributed by atoms with Crippen LogP contribution in [0.15, 0.2) is 42.7 Å². The van der Waals surface area contributed by atoms with Crippen molar-refractivity contribution in [1.82, 2.24) is 14.8 Å². The van der Waals surface area contributed by atoms with Gasteiger partial charge in [-0.2, -0.15) is 0 Å². The summed E-state index contributed by atoms with van der Waals surface area (Å²) in [4.78, 5) is 36.2. The molecule has 166 valence electrons. The Kier molecular flexibility index (Phi) is 5.45. The lowest BCUT2D eigenvalue weighted by Gasteiger charge is -2.33. The second-order valence-corrected chi connectivity index (χ2v) is 8.37. The van der Waals surface area contributed by atoms with E-state index in [2.05, 4.69) is 20.2 Å². The highest BCUT2D eigenvalue weighted by atomic mass is 19.1. The zero-order chi connectivity index (χ0) is 23.0. The molecule has 5 rings (SSSR count). The number of carbonyl (C=O) groups excluding carboxylic acids is 2. The van der Waals surface area contributed by atoms with E-state index >= 15 is 0 Å². The van der Waals surface area contributed by atoms with Crippen molar-refractivity contribution < 1.29 is 18.7 Å². The molecule has 0 bridgehead atoms. The van der Waals surface area contributed by atoms with Gasteiger partial charge in [-0.15, -0.1) is 0 Å². The molecule has 3 aromatic rings. The molecular formula is C23H21BFN5O3. The number of aldehydes is 1. The summed E-state index contributed by atoms with van der Waals surface area (Å²) in [5.74, 6) is 0.160. The standard InChI is InChI=1S/C23H21BFN5O3/c24-30-9-7-29(8-10-30)21-12-18-16(13-27-21)19(3-6-26-18)33-20-2-1-15(11-17(20)25)28-22(32)23(14-31)4-5-23/h1-3,6,11-14H,4-5,7-10H2,(H,28,32). The van der Waals surface area contributed by atoms with Gasteiger partial charge in [-0.3, -0.25) is 9.78 Å². The van der Waals surface area contributed by atoms with Crippen LogP contribution < -0.4 is 15.0 Å². The monoisotopic (exact) mass is 445 g/mol. The molecule has 2 fully saturated rings. The minimum Gasteiger partial charge on any atom is -0.453 e. The molecule has 2 aliphatic rings. The highest BCUT2D eigenvalue weighted by Crippen LogP contribution is 2.44. The van der Waals surface area contributed by atoms with Crippen LogP contribution in [-0.2, 0) is 9.59 Å². The van der Waals surface area contributed by atoms with Crippen LogP contribution in [0.5, 0.6) is 11.5 Å². The zero-order valence-electron chi connectivity index (χ0n) is 17.8. The smallest absolute Gasteiger partial charge is 0.237 e. The summed E-state index contributed by atoms with van der Waals surface area (Å²) >= 11 is 0. The molecule has 3 heterocycles. The predicted molar refractivity (Wildman–Crippen MR) is 122 cm³/mol. The molecule has 1 aromatic carbocycles. The van der Waals surface area contributed by atoms with Crippen molar-refractivity contribution in [2.75, 3.05) is 36.4 Å². The Morgan fingerprint density at radius 1 is 1.12 bits per heavy atom. The summed E-state index contributed by atoms with van der Waals surface area (Å²) in [5.41, 5.74) is -0.0206. The Morgan fingerprint density at radius 2 is 1.91 bits per heavy atom. The number of benzene rings is 1. The van der Waals surface area contributed by atoms with Crippen molar-refractivity contribution in [2.24, 2.45) is 5.41 Å². The lowest BCUT2D eigenvalue weighted by atomic mass is 10.1. The number of anilines is 2. The average molecular weight is 445 g/mol. The van der Waals surface area contributed by atoms with E-state index in [0.717, 1.165) is 32.0 Å². The number of hydrogen-bond donors (Lipinski definition) is 1. The number of hydrogen-bond acceptors (Lipinski definition) is 7. The molecule has 1 aliphatic carbocycles. The Bertz CT molecular complexity index is 1230. The number of piperazine rings is 1. The number of amides is 1. The summed E-state index contributed by atoms with van der Waals surface area (Å²) in [6.45, 7) is 3.05. The van der Waals surface area contributed by atoms with Gasteiger partial charge in [0.1, 0.15) is 23.3 Å². The molecule has 1 N–H and O–H groups in total. The van der Waals surface area contributed by atoms with Gasteiger partial charge in [0.05, 0.1) is 10.9 Å². The van der Waals surface area contributed by atoms with Gasteiger partial charge in [-0.1, -0.05) is 0 Å². The van der Waals surface area contributed by atoms with Crippen LogP contribution >= 0.6 is 0 Å². The highest BCUT2D eigenvalue weighted by Gasteiger charge is 2.50. The van der Waals surface area contributed by atoms with Gasteiger partial charge in [0.25, 0.3) is 0 Å². The van der Waals surface area contributed by atoms with Crippen LogP contribution in [0.3, 0.4) is 0 Å². The van der Waals surface area contributed by atoms with Gasteiger partial charge in [-0.25, -0.2) is 9.37 Å². The lowest BCUT2D eigenvalue weighted by molar-refractivity contribution is -0.126. The number of nitrogens with one attached hydrogen (secondary N) is 1. The van der Waals surface area contributed by atoms with Crippen molar-refractivity contribution >= 4 is 42.6 Å². The van der Waals surface area contributed by atoms with Crippen molar-refractivity contribution in [1.29, 1.82) is 0 Å². The van der Waals surface area contributed by atoms with E-state index in [0.29, 0.717) is 35.8 Å². The Hall–Kier alpha value is -3.53. The first-order chi connectivity index (χ1) is 16.0. The SMILES string of the molecule is [B]N1CCN(c2cc3nccc(Oc4ccc(NC(=O)C5(C=O)CC5)cc4F)c3cn2)CC1.